The van der Waals surface area contributed by atoms with Gasteiger partial charge in [0.25, 0.3) is 11.8 Å². The van der Waals surface area contributed by atoms with Crippen molar-refractivity contribution >= 4 is 22.8 Å². The van der Waals surface area contributed by atoms with E-state index in [-0.39, 0.29) is 17.7 Å². The van der Waals surface area contributed by atoms with Crippen LogP contribution in [0.3, 0.4) is 0 Å². The molecule has 2 aromatic heterocycles. The molecule has 1 saturated heterocycles. The molecule has 1 N–H and O–H groups in total. The molecule has 172 valence electrons. The number of piperidine rings is 1. The maximum Gasteiger partial charge on any atom is 0.253 e. The molecule has 2 aliphatic rings. The van der Waals surface area contributed by atoms with E-state index in [1.54, 1.807) is 31.0 Å². The Balaban J connectivity index is 1.40. The van der Waals surface area contributed by atoms with Gasteiger partial charge < -0.3 is 15.0 Å². The fourth-order valence-electron chi connectivity index (χ4n) is 4.76. The smallest absolute Gasteiger partial charge is 0.253 e. The van der Waals surface area contributed by atoms with Gasteiger partial charge in [-0.1, -0.05) is 0 Å². The highest BCUT2D eigenvalue weighted by Gasteiger charge is 2.32. The average Bonchev–Trinajstić information content (AvgIpc) is 3.66. The molecule has 2 amide bonds. The molecular formula is C25H29N5O3. The summed E-state index contributed by atoms with van der Waals surface area (Å²) in [6.07, 6.45) is 3.84. The number of methoxy groups -OCH3 is 1. The summed E-state index contributed by atoms with van der Waals surface area (Å²) in [5.74, 6) is 1.28. The van der Waals surface area contributed by atoms with E-state index in [0.717, 1.165) is 53.9 Å². The number of amides is 2. The SMILES string of the molecule is CNC(=O)c1cc(C2CC2)nc2c1c(C1CCN(C(=O)c3ccc(OC)cc3)CC1)nn2C. The molecule has 33 heavy (non-hydrogen) atoms. The lowest BCUT2D eigenvalue weighted by molar-refractivity contribution is 0.0712. The van der Waals surface area contributed by atoms with Crippen LogP contribution >= 0.6 is 0 Å². The van der Waals surface area contributed by atoms with Crippen molar-refractivity contribution in [1.29, 1.82) is 0 Å². The first-order valence-corrected chi connectivity index (χ1v) is 11.5. The van der Waals surface area contributed by atoms with Gasteiger partial charge in [0.05, 0.1) is 23.8 Å². The summed E-state index contributed by atoms with van der Waals surface area (Å²) >= 11 is 0. The predicted octanol–water partition coefficient (Wildman–Crippen LogP) is 3.23. The number of aromatic nitrogens is 3. The van der Waals surface area contributed by atoms with Crippen LogP contribution in [0.15, 0.2) is 30.3 Å². The predicted molar refractivity (Wildman–Crippen MR) is 125 cm³/mol. The van der Waals surface area contributed by atoms with E-state index in [1.807, 2.05) is 30.1 Å². The standard InChI is InChI=1S/C25H29N5O3/c1-26-24(31)19-14-20(15-4-5-15)27-23-21(19)22(28-29(23)2)16-10-12-30(13-11-16)25(32)17-6-8-18(33-3)9-7-17/h6-9,14-16H,4-5,10-13H2,1-3H3,(H,26,31). The largest absolute Gasteiger partial charge is 0.497 e. The minimum absolute atomic E-state index is 0.0313. The number of hydrogen-bond acceptors (Lipinski definition) is 5. The number of hydrogen-bond donors (Lipinski definition) is 1. The Bertz CT molecular complexity index is 1210. The molecule has 0 bridgehead atoms. The monoisotopic (exact) mass is 447 g/mol. The normalized spacial score (nSPS) is 16.8. The number of pyridine rings is 1. The summed E-state index contributed by atoms with van der Waals surface area (Å²) in [5.41, 5.74) is 3.98. The first kappa shape index (κ1) is 21.4. The van der Waals surface area contributed by atoms with Crippen molar-refractivity contribution in [2.75, 3.05) is 27.2 Å². The van der Waals surface area contributed by atoms with Crippen LogP contribution in [0.4, 0.5) is 0 Å². The summed E-state index contributed by atoms with van der Waals surface area (Å²) in [6, 6.07) is 9.18. The van der Waals surface area contributed by atoms with Gasteiger partial charge in [0.1, 0.15) is 5.75 Å². The molecule has 5 rings (SSSR count). The molecule has 0 radical (unpaired) electrons. The molecule has 1 aliphatic carbocycles. The number of nitrogens with zero attached hydrogens (tertiary/aromatic N) is 4. The third-order valence-electron chi connectivity index (χ3n) is 6.81. The number of rotatable bonds is 5. The fourth-order valence-corrected chi connectivity index (χ4v) is 4.76. The highest BCUT2D eigenvalue weighted by atomic mass is 16.5. The Morgan fingerprint density at radius 2 is 1.76 bits per heavy atom. The Labute approximate surface area is 192 Å². The minimum Gasteiger partial charge on any atom is -0.497 e. The second-order valence-corrected chi connectivity index (χ2v) is 8.95. The molecule has 1 aliphatic heterocycles. The second kappa shape index (κ2) is 8.50. The maximum absolute atomic E-state index is 13.0. The lowest BCUT2D eigenvalue weighted by atomic mass is 9.90. The van der Waals surface area contributed by atoms with E-state index in [2.05, 4.69) is 5.32 Å². The lowest BCUT2D eigenvalue weighted by Gasteiger charge is -2.31. The van der Waals surface area contributed by atoms with Crippen LogP contribution in [0.2, 0.25) is 0 Å². The number of carbonyl (C=O) groups is 2. The number of benzene rings is 1. The van der Waals surface area contributed by atoms with E-state index < -0.39 is 0 Å². The molecule has 3 heterocycles. The van der Waals surface area contributed by atoms with Crippen LogP contribution in [-0.4, -0.2) is 58.7 Å². The van der Waals surface area contributed by atoms with Gasteiger partial charge in [-0.2, -0.15) is 5.10 Å². The quantitative estimate of drug-likeness (QED) is 0.649. The highest BCUT2D eigenvalue weighted by Crippen LogP contribution is 2.41. The van der Waals surface area contributed by atoms with Crippen molar-refractivity contribution in [1.82, 2.24) is 25.0 Å². The number of likely N-dealkylation sites (tertiary alicyclic amines) is 1. The van der Waals surface area contributed by atoms with Crippen molar-refractivity contribution in [3.05, 3.63) is 52.8 Å². The van der Waals surface area contributed by atoms with E-state index in [4.69, 9.17) is 14.8 Å². The van der Waals surface area contributed by atoms with Gasteiger partial charge in [0, 0.05) is 50.3 Å². The van der Waals surface area contributed by atoms with Crippen molar-refractivity contribution in [3.63, 3.8) is 0 Å². The Kier molecular flexibility index (Phi) is 5.52. The second-order valence-electron chi connectivity index (χ2n) is 8.95. The number of ether oxygens (including phenoxy) is 1. The third kappa shape index (κ3) is 3.94. The van der Waals surface area contributed by atoms with Crippen LogP contribution < -0.4 is 10.1 Å². The Hall–Kier alpha value is -3.42. The van der Waals surface area contributed by atoms with Crippen LogP contribution in [0, 0.1) is 0 Å². The molecule has 0 atom stereocenters. The van der Waals surface area contributed by atoms with Gasteiger partial charge in [-0.25, -0.2) is 4.98 Å². The third-order valence-corrected chi connectivity index (χ3v) is 6.81. The highest BCUT2D eigenvalue weighted by molar-refractivity contribution is 6.06. The molecule has 3 aromatic rings. The van der Waals surface area contributed by atoms with E-state index in [9.17, 15) is 9.59 Å². The van der Waals surface area contributed by atoms with Crippen LogP contribution in [-0.2, 0) is 7.05 Å². The van der Waals surface area contributed by atoms with Gasteiger partial charge in [0.2, 0.25) is 0 Å². The Morgan fingerprint density at radius 3 is 2.36 bits per heavy atom. The number of aryl methyl sites for hydroxylation is 1. The zero-order valence-corrected chi connectivity index (χ0v) is 19.3. The van der Waals surface area contributed by atoms with Crippen molar-refractivity contribution in [2.24, 2.45) is 7.05 Å². The number of fused-ring (bicyclic) bond motifs is 1. The van der Waals surface area contributed by atoms with Crippen LogP contribution in [0.5, 0.6) is 5.75 Å². The summed E-state index contributed by atoms with van der Waals surface area (Å²) in [7, 11) is 5.16. The summed E-state index contributed by atoms with van der Waals surface area (Å²) in [6.45, 7) is 1.30. The zero-order valence-electron chi connectivity index (χ0n) is 19.3. The summed E-state index contributed by atoms with van der Waals surface area (Å²) in [4.78, 5) is 32.5. The van der Waals surface area contributed by atoms with Gasteiger partial charge >= 0.3 is 0 Å². The van der Waals surface area contributed by atoms with Crippen LogP contribution in [0.1, 0.15) is 69.6 Å². The maximum atomic E-state index is 13.0. The zero-order chi connectivity index (χ0) is 23.1. The fraction of sp³-hybridized carbons (Fsp3) is 0.440. The van der Waals surface area contributed by atoms with E-state index in [1.165, 1.54) is 0 Å². The van der Waals surface area contributed by atoms with Gasteiger partial charge in [-0.05, 0) is 56.0 Å². The molecular weight excluding hydrogens is 418 g/mol. The van der Waals surface area contributed by atoms with E-state index in [0.29, 0.717) is 30.1 Å². The lowest BCUT2D eigenvalue weighted by Crippen LogP contribution is -2.38. The van der Waals surface area contributed by atoms with Gasteiger partial charge in [-0.15, -0.1) is 0 Å². The van der Waals surface area contributed by atoms with Crippen molar-refractivity contribution in [2.45, 2.75) is 37.5 Å². The molecule has 1 aromatic carbocycles. The van der Waals surface area contributed by atoms with Crippen LogP contribution in [0.25, 0.3) is 11.0 Å². The molecule has 1 saturated carbocycles. The van der Waals surface area contributed by atoms with E-state index >= 15 is 0 Å². The number of carbonyl (C=O) groups excluding carboxylic acids is 2. The minimum atomic E-state index is -0.106. The first-order valence-electron chi connectivity index (χ1n) is 11.5. The molecule has 2 fully saturated rings. The summed E-state index contributed by atoms with van der Waals surface area (Å²) in [5, 5.41) is 8.45. The topological polar surface area (TPSA) is 89.3 Å². The molecule has 0 unspecified atom stereocenters. The molecule has 0 spiro atoms. The summed E-state index contributed by atoms with van der Waals surface area (Å²) < 4.78 is 6.99. The van der Waals surface area contributed by atoms with Crippen molar-refractivity contribution in [3.8, 4) is 5.75 Å². The Morgan fingerprint density at radius 1 is 1.06 bits per heavy atom. The molecule has 8 heteroatoms. The first-order chi connectivity index (χ1) is 16.0. The van der Waals surface area contributed by atoms with Gasteiger partial charge in [0.15, 0.2) is 5.65 Å². The number of nitrogens with one attached hydrogen (secondary N) is 1. The molecule has 8 nitrogen and oxygen atoms in total. The van der Waals surface area contributed by atoms with Crippen molar-refractivity contribution < 1.29 is 14.3 Å². The average molecular weight is 448 g/mol. The van der Waals surface area contributed by atoms with Gasteiger partial charge in [-0.3, -0.25) is 14.3 Å².